The fourth-order valence-electron chi connectivity index (χ4n) is 3.00. The van der Waals surface area contributed by atoms with Crippen molar-refractivity contribution in [2.24, 2.45) is 0 Å². The molecule has 0 bridgehead atoms. The fourth-order valence-corrected chi connectivity index (χ4v) is 3.16. The molecule has 21 heavy (non-hydrogen) atoms. The van der Waals surface area contributed by atoms with Crippen molar-refractivity contribution >= 4 is 22.6 Å². The van der Waals surface area contributed by atoms with Gasteiger partial charge in [0.05, 0.1) is 17.1 Å². The number of hydrogen-bond donors (Lipinski definition) is 1. The van der Waals surface area contributed by atoms with E-state index in [0.717, 1.165) is 55.5 Å². The van der Waals surface area contributed by atoms with Crippen LogP contribution >= 0.6 is 11.6 Å². The molecule has 1 atom stereocenters. The SMILES string of the molecule is CCOCCCn1c(C2CCCN2)nc2cc(Cl)ccc21. The van der Waals surface area contributed by atoms with Gasteiger partial charge in [0.25, 0.3) is 0 Å². The molecule has 0 amide bonds. The summed E-state index contributed by atoms with van der Waals surface area (Å²) in [5.74, 6) is 1.14. The lowest BCUT2D eigenvalue weighted by atomic mass is 10.2. The number of ether oxygens (including phenoxy) is 1. The first-order valence-corrected chi connectivity index (χ1v) is 8.14. The zero-order valence-corrected chi connectivity index (χ0v) is 13.2. The monoisotopic (exact) mass is 307 g/mol. The van der Waals surface area contributed by atoms with Gasteiger partial charge >= 0.3 is 0 Å². The fraction of sp³-hybridized carbons (Fsp3) is 0.562. The lowest BCUT2D eigenvalue weighted by Crippen LogP contribution is -2.18. The van der Waals surface area contributed by atoms with Gasteiger partial charge in [0.15, 0.2) is 0 Å². The Hall–Kier alpha value is -1.10. The number of nitrogens with zero attached hydrogens (tertiary/aromatic N) is 2. The zero-order chi connectivity index (χ0) is 14.7. The van der Waals surface area contributed by atoms with E-state index in [0.29, 0.717) is 6.04 Å². The highest BCUT2D eigenvalue weighted by Crippen LogP contribution is 2.28. The van der Waals surface area contributed by atoms with Crippen molar-refractivity contribution in [2.75, 3.05) is 19.8 Å². The third-order valence-electron chi connectivity index (χ3n) is 3.99. The van der Waals surface area contributed by atoms with Crippen molar-refractivity contribution in [3.8, 4) is 0 Å². The van der Waals surface area contributed by atoms with E-state index < -0.39 is 0 Å². The average Bonchev–Trinajstić information content (AvgIpc) is 3.10. The highest BCUT2D eigenvalue weighted by molar-refractivity contribution is 6.31. The van der Waals surface area contributed by atoms with Crippen LogP contribution in [0.4, 0.5) is 0 Å². The number of benzene rings is 1. The number of hydrogen-bond acceptors (Lipinski definition) is 3. The van der Waals surface area contributed by atoms with Crippen molar-refractivity contribution in [1.29, 1.82) is 0 Å². The molecular weight excluding hydrogens is 286 g/mol. The predicted octanol–water partition coefficient (Wildman–Crippen LogP) is 3.54. The lowest BCUT2D eigenvalue weighted by Gasteiger charge is -2.14. The molecule has 1 aliphatic heterocycles. The van der Waals surface area contributed by atoms with E-state index in [1.165, 1.54) is 11.9 Å². The summed E-state index contributed by atoms with van der Waals surface area (Å²) in [5.41, 5.74) is 2.15. The summed E-state index contributed by atoms with van der Waals surface area (Å²) in [5, 5.41) is 4.29. The normalized spacial score (nSPS) is 18.7. The minimum absolute atomic E-state index is 0.364. The molecule has 114 valence electrons. The number of aromatic nitrogens is 2. The van der Waals surface area contributed by atoms with Crippen LogP contribution in [0.25, 0.3) is 11.0 Å². The van der Waals surface area contributed by atoms with Gasteiger partial charge in [0, 0.05) is 24.8 Å². The molecule has 0 aliphatic carbocycles. The Balaban J connectivity index is 1.90. The lowest BCUT2D eigenvalue weighted by molar-refractivity contribution is 0.141. The van der Waals surface area contributed by atoms with Crippen molar-refractivity contribution in [2.45, 2.75) is 38.8 Å². The zero-order valence-electron chi connectivity index (χ0n) is 12.4. The van der Waals surface area contributed by atoms with Crippen molar-refractivity contribution in [3.63, 3.8) is 0 Å². The molecule has 1 unspecified atom stereocenters. The average molecular weight is 308 g/mol. The summed E-state index contributed by atoms with van der Waals surface area (Å²) < 4.78 is 7.78. The van der Waals surface area contributed by atoms with E-state index in [9.17, 15) is 0 Å². The Morgan fingerprint density at radius 1 is 1.48 bits per heavy atom. The number of rotatable bonds is 6. The van der Waals surface area contributed by atoms with Crippen LogP contribution in [0.15, 0.2) is 18.2 Å². The molecule has 2 aromatic rings. The molecule has 3 rings (SSSR count). The summed E-state index contributed by atoms with van der Waals surface area (Å²) in [6, 6.07) is 6.33. The van der Waals surface area contributed by atoms with Crippen molar-refractivity contribution in [3.05, 3.63) is 29.0 Å². The maximum Gasteiger partial charge on any atom is 0.127 e. The summed E-state index contributed by atoms with van der Waals surface area (Å²) in [6.07, 6.45) is 3.37. The topological polar surface area (TPSA) is 39.1 Å². The number of aryl methyl sites for hydroxylation is 1. The molecule has 0 saturated carbocycles. The van der Waals surface area contributed by atoms with Crippen molar-refractivity contribution < 1.29 is 4.74 Å². The molecule has 5 heteroatoms. The Kier molecular flexibility index (Phi) is 4.78. The number of fused-ring (bicyclic) bond motifs is 1. The summed E-state index contributed by atoms with van der Waals surface area (Å²) in [6.45, 7) is 5.61. The summed E-state index contributed by atoms with van der Waals surface area (Å²) in [4.78, 5) is 4.83. The van der Waals surface area contributed by atoms with Gasteiger partial charge in [-0.05, 0) is 50.9 Å². The van der Waals surface area contributed by atoms with Crippen LogP contribution in [0, 0.1) is 0 Å². The standard InChI is InChI=1S/C16H22ClN3O/c1-2-21-10-4-9-20-15-7-6-12(17)11-14(15)19-16(20)13-5-3-8-18-13/h6-7,11,13,18H,2-5,8-10H2,1H3. The molecule has 1 fully saturated rings. The van der Waals surface area contributed by atoms with Gasteiger partial charge in [-0.3, -0.25) is 0 Å². The van der Waals surface area contributed by atoms with E-state index in [2.05, 4.69) is 16.0 Å². The van der Waals surface area contributed by atoms with Gasteiger partial charge in [-0.2, -0.15) is 0 Å². The second-order valence-corrected chi connectivity index (χ2v) is 5.89. The van der Waals surface area contributed by atoms with Gasteiger partial charge in [-0.1, -0.05) is 11.6 Å². The van der Waals surface area contributed by atoms with Crippen LogP contribution < -0.4 is 5.32 Å². The summed E-state index contributed by atoms with van der Waals surface area (Å²) in [7, 11) is 0. The first kappa shape index (κ1) is 14.8. The number of imidazole rings is 1. The van der Waals surface area contributed by atoms with Gasteiger partial charge in [0.2, 0.25) is 0 Å². The molecule has 1 aliphatic rings. The Morgan fingerprint density at radius 2 is 2.38 bits per heavy atom. The van der Waals surface area contributed by atoms with Gasteiger partial charge < -0.3 is 14.6 Å². The van der Waals surface area contributed by atoms with E-state index in [4.69, 9.17) is 21.3 Å². The van der Waals surface area contributed by atoms with E-state index in [1.54, 1.807) is 0 Å². The molecule has 2 heterocycles. The first-order valence-electron chi connectivity index (χ1n) is 7.76. The third kappa shape index (κ3) is 3.23. The minimum Gasteiger partial charge on any atom is -0.382 e. The van der Waals surface area contributed by atoms with Gasteiger partial charge in [-0.15, -0.1) is 0 Å². The predicted molar refractivity (Wildman–Crippen MR) is 85.8 cm³/mol. The maximum absolute atomic E-state index is 6.10. The van der Waals surface area contributed by atoms with E-state index in [-0.39, 0.29) is 0 Å². The summed E-state index contributed by atoms with van der Waals surface area (Å²) >= 11 is 6.10. The van der Waals surface area contributed by atoms with Crippen LogP contribution in [-0.2, 0) is 11.3 Å². The molecule has 1 saturated heterocycles. The minimum atomic E-state index is 0.364. The Labute approximate surface area is 130 Å². The molecular formula is C16H22ClN3O. The quantitative estimate of drug-likeness (QED) is 0.830. The van der Waals surface area contributed by atoms with E-state index >= 15 is 0 Å². The van der Waals surface area contributed by atoms with Gasteiger partial charge in [0.1, 0.15) is 5.82 Å². The maximum atomic E-state index is 6.10. The second-order valence-electron chi connectivity index (χ2n) is 5.45. The van der Waals surface area contributed by atoms with E-state index in [1.807, 2.05) is 19.1 Å². The highest BCUT2D eigenvalue weighted by atomic mass is 35.5. The van der Waals surface area contributed by atoms with Crippen LogP contribution in [0.3, 0.4) is 0 Å². The molecule has 1 aromatic heterocycles. The largest absolute Gasteiger partial charge is 0.382 e. The second kappa shape index (κ2) is 6.77. The Morgan fingerprint density at radius 3 is 3.14 bits per heavy atom. The third-order valence-corrected chi connectivity index (χ3v) is 4.22. The highest BCUT2D eigenvalue weighted by Gasteiger charge is 2.23. The molecule has 1 N–H and O–H groups in total. The molecule has 0 spiro atoms. The van der Waals surface area contributed by atoms with Crippen LogP contribution in [0.1, 0.15) is 38.1 Å². The van der Waals surface area contributed by atoms with Crippen LogP contribution in [0.2, 0.25) is 5.02 Å². The number of halogens is 1. The smallest absolute Gasteiger partial charge is 0.127 e. The van der Waals surface area contributed by atoms with Gasteiger partial charge in [-0.25, -0.2) is 4.98 Å². The van der Waals surface area contributed by atoms with Crippen LogP contribution in [0.5, 0.6) is 0 Å². The van der Waals surface area contributed by atoms with Crippen molar-refractivity contribution in [1.82, 2.24) is 14.9 Å². The Bertz CT molecular complexity index is 605. The molecule has 0 radical (unpaired) electrons. The number of nitrogens with one attached hydrogen (secondary N) is 1. The first-order chi connectivity index (χ1) is 10.3. The molecule has 1 aromatic carbocycles. The van der Waals surface area contributed by atoms with Crippen LogP contribution in [-0.4, -0.2) is 29.3 Å². The molecule has 4 nitrogen and oxygen atoms in total.